The molecule has 0 unspecified atom stereocenters. The third-order valence-electron chi connectivity index (χ3n) is 13.8. The molecule has 3 aromatic carbocycles. The number of aliphatic hydroxyl groups excluding tert-OH is 1. The molecule has 5 heterocycles. The van der Waals surface area contributed by atoms with Crippen LogP contribution in [-0.2, 0) is 36.6 Å². The molecule has 0 bridgehead atoms. The Balaban J connectivity index is 0.798. The van der Waals surface area contributed by atoms with E-state index in [0.717, 1.165) is 81.6 Å². The highest BCUT2D eigenvalue weighted by Gasteiger charge is 2.51. The highest BCUT2D eigenvalue weighted by Crippen LogP contribution is 2.40. The molecule has 3 atom stereocenters. The molecule has 74 heavy (non-hydrogen) atoms. The van der Waals surface area contributed by atoms with Crippen molar-refractivity contribution in [2.45, 2.75) is 97.3 Å². The summed E-state index contributed by atoms with van der Waals surface area (Å²) in [6, 6.07) is 21.8. The van der Waals surface area contributed by atoms with Gasteiger partial charge >= 0.3 is 6.18 Å². The van der Waals surface area contributed by atoms with Crippen molar-refractivity contribution in [2.24, 2.45) is 11.3 Å². The van der Waals surface area contributed by atoms with Crippen LogP contribution < -0.4 is 25.3 Å². The number of anilines is 3. The van der Waals surface area contributed by atoms with Crippen LogP contribution in [0.25, 0.3) is 21.6 Å². The Kier molecular flexibility index (Phi) is 15.6. The molecular weight excluding hydrogens is 992 g/mol. The van der Waals surface area contributed by atoms with Crippen molar-refractivity contribution in [1.29, 1.82) is 5.26 Å². The van der Waals surface area contributed by atoms with Crippen molar-refractivity contribution in [3.63, 3.8) is 0 Å². The number of β-amino-alcohol motifs (C(OH)–C–C–N with tert-alkyl or cyclic N) is 1. The molecule has 3 N–H and O–H groups in total. The number of aryl methyl sites for hydroxylation is 1. The number of nitriles is 1. The fourth-order valence-electron chi connectivity index (χ4n) is 9.64. The van der Waals surface area contributed by atoms with Crippen LogP contribution in [0.4, 0.5) is 30.4 Å². The number of rotatable bonds is 14. The van der Waals surface area contributed by atoms with Crippen LogP contribution in [0.5, 0.6) is 0 Å². The number of pyridine rings is 1. The number of nitrogens with one attached hydrogen (secondary N) is 2. The number of benzene rings is 3. The maximum Gasteiger partial charge on any atom is 0.417 e. The first-order valence-electron chi connectivity index (χ1n) is 24.3. The molecule has 0 saturated carbocycles. The summed E-state index contributed by atoms with van der Waals surface area (Å²) in [5.74, 6) is -0.799. The number of aromatic nitrogens is 2. The number of thiazole rings is 1. The van der Waals surface area contributed by atoms with Crippen LogP contribution in [0, 0.1) is 29.6 Å². The predicted molar refractivity (Wildman–Crippen MR) is 280 cm³/mol. The van der Waals surface area contributed by atoms with Crippen LogP contribution in [0.3, 0.4) is 0 Å². The summed E-state index contributed by atoms with van der Waals surface area (Å²) in [7, 11) is 0. The molecule has 5 aromatic rings. The third kappa shape index (κ3) is 11.5. The second kappa shape index (κ2) is 21.6. The molecule has 4 amide bonds. The summed E-state index contributed by atoms with van der Waals surface area (Å²) in [5.41, 5.74) is 3.20. The number of aliphatic hydroxyl groups is 1. The van der Waals surface area contributed by atoms with Crippen molar-refractivity contribution >= 4 is 69.5 Å². The fourth-order valence-corrected chi connectivity index (χ4v) is 11.0. The molecule has 3 aliphatic rings. The number of amides is 4. The van der Waals surface area contributed by atoms with Gasteiger partial charge in [-0.2, -0.15) is 18.4 Å². The van der Waals surface area contributed by atoms with Crippen molar-refractivity contribution in [1.82, 2.24) is 25.5 Å². The first-order valence-corrected chi connectivity index (χ1v) is 25.6. The number of likely N-dealkylation sites (tertiary alicyclic amines) is 1. The number of thiocarbonyl (C=S) groups is 1. The van der Waals surface area contributed by atoms with Gasteiger partial charge in [-0.25, -0.2) is 9.97 Å². The Morgan fingerprint density at radius 1 is 0.959 bits per heavy atom. The van der Waals surface area contributed by atoms with E-state index in [-0.39, 0.29) is 48.7 Å². The minimum Gasteiger partial charge on any atom is -0.391 e. The van der Waals surface area contributed by atoms with Crippen LogP contribution in [0.2, 0.25) is 0 Å². The fraction of sp³-hybridized carbons (Fsp3) is 0.407. The lowest BCUT2D eigenvalue weighted by Crippen LogP contribution is -2.58. The van der Waals surface area contributed by atoms with E-state index in [1.165, 1.54) is 11.0 Å². The van der Waals surface area contributed by atoms with Crippen molar-refractivity contribution < 1.29 is 42.2 Å². The van der Waals surface area contributed by atoms with Gasteiger partial charge in [0.15, 0.2) is 5.11 Å². The van der Waals surface area contributed by atoms with E-state index in [9.17, 15) is 42.7 Å². The van der Waals surface area contributed by atoms with Gasteiger partial charge in [0.2, 0.25) is 17.7 Å². The first-order chi connectivity index (χ1) is 35.0. The number of carbonyl (C=O) groups is 4. The van der Waals surface area contributed by atoms with Crippen LogP contribution in [-0.4, -0.2) is 105 Å². The number of carbonyl (C=O) groups excluding carboxylic acids is 4. The van der Waals surface area contributed by atoms with Gasteiger partial charge < -0.3 is 35.2 Å². The molecule has 0 aliphatic carbocycles. The van der Waals surface area contributed by atoms with E-state index in [1.54, 1.807) is 60.0 Å². The van der Waals surface area contributed by atoms with Gasteiger partial charge in [-0.05, 0) is 116 Å². The van der Waals surface area contributed by atoms with Crippen LogP contribution in [0.15, 0.2) is 90.6 Å². The van der Waals surface area contributed by atoms with E-state index in [2.05, 4.69) is 20.5 Å². The summed E-state index contributed by atoms with van der Waals surface area (Å²) in [5, 5.41) is 25.7. The lowest BCUT2D eigenvalue weighted by atomic mass is 9.85. The highest BCUT2D eigenvalue weighted by atomic mass is 32.1. The predicted octanol–water partition coefficient (Wildman–Crippen LogP) is 8.03. The van der Waals surface area contributed by atoms with E-state index >= 15 is 0 Å². The standard InChI is InChI=1S/C54H58F3N9O6S2/c1-32-46(74-31-61-32)36-9-7-33(8-10-36)26-60-48(69)43-24-41(67)28-64(43)49(70)47(52(2,3)4)62-45(68)30-72-29-34-19-21-63(22-20-34)44-18-14-38(27-59-44)35-11-15-39(16-12-35)66-51(73)65(50(71)53(66,5)6)40-17-13-37(25-58)42(23-40)54(55,56)57/h7-18,23,27,31,34,41,43,47,67H,19-22,24,26,28-30H2,1-6H3,(H,60,69)(H,62,68)/t41-,43+,47-/m1/s1. The van der Waals surface area contributed by atoms with E-state index < -0.39 is 64.2 Å². The third-order valence-corrected chi connectivity index (χ3v) is 15.1. The molecule has 20 heteroatoms. The van der Waals surface area contributed by atoms with Gasteiger partial charge in [0.25, 0.3) is 5.91 Å². The minimum absolute atomic E-state index is 0.00600. The maximum atomic E-state index is 14.1. The van der Waals surface area contributed by atoms with Gasteiger partial charge in [-0.15, -0.1) is 11.3 Å². The van der Waals surface area contributed by atoms with Gasteiger partial charge in [-0.3, -0.25) is 24.1 Å². The lowest BCUT2D eigenvalue weighted by Gasteiger charge is -2.35. The lowest BCUT2D eigenvalue weighted by molar-refractivity contribution is -0.144. The second-order valence-electron chi connectivity index (χ2n) is 20.5. The highest BCUT2D eigenvalue weighted by molar-refractivity contribution is 7.81. The summed E-state index contributed by atoms with van der Waals surface area (Å²) in [6.45, 7) is 12.5. The number of alkyl halides is 3. The molecule has 3 fully saturated rings. The van der Waals surface area contributed by atoms with Crippen molar-refractivity contribution in [2.75, 3.05) is 47.5 Å². The Bertz CT molecular complexity index is 2950. The Hall–Kier alpha value is -6.79. The van der Waals surface area contributed by atoms with E-state index in [0.29, 0.717) is 12.3 Å². The average Bonchev–Trinajstić information content (AvgIpc) is 4.04. The first kappa shape index (κ1) is 53.5. The molecule has 3 saturated heterocycles. The summed E-state index contributed by atoms with van der Waals surface area (Å²) < 4.78 is 47.3. The molecule has 3 aliphatic heterocycles. The smallest absolute Gasteiger partial charge is 0.391 e. The Morgan fingerprint density at radius 3 is 2.23 bits per heavy atom. The van der Waals surface area contributed by atoms with Crippen molar-refractivity contribution in [3.05, 3.63) is 113 Å². The Labute approximate surface area is 437 Å². The minimum atomic E-state index is -4.81. The molecule has 388 valence electrons. The maximum absolute atomic E-state index is 14.1. The summed E-state index contributed by atoms with van der Waals surface area (Å²) in [6.07, 6.45) is -2.23. The molecule has 8 rings (SSSR count). The quantitative estimate of drug-likeness (QED) is 0.0912. The van der Waals surface area contributed by atoms with Crippen LogP contribution in [0.1, 0.15) is 76.3 Å². The largest absolute Gasteiger partial charge is 0.417 e. The zero-order valence-corrected chi connectivity index (χ0v) is 43.5. The number of nitrogens with zero attached hydrogens (tertiary/aromatic N) is 7. The number of halogens is 3. The number of hydrogen-bond donors (Lipinski definition) is 3. The zero-order chi connectivity index (χ0) is 53.3. The monoisotopic (exact) mass is 1050 g/mol. The normalized spacial score (nSPS) is 18.7. The molecule has 2 aromatic heterocycles. The summed E-state index contributed by atoms with van der Waals surface area (Å²) >= 11 is 7.26. The molecule has 15 nitrogen and oxygen atoms in total. The van der Waals surface area contributed by atoms with E-state index in [4.69, 9.17) is 21.9 Å². The van der Waals surface area contributed by atoms with Gasteiger partial charge in [0.05, 0.1) is 51.7 Å². The second-order valence-corrected chi connectivity index (χ2v) is 21.7. The number of hydrogen-bond acceptors (Lipinski definition) is 12. The molecule has 0 radical (unpaired) electrons. The van der Waals surface area contributed by atoms with Crippen molar-refractivity contribution in [3.8, 4) is 27.6 Å². The van der Waals surface area contributed by atoms with E-state index in [1.807, 2.05) is 76.2 Å². The van der Waals surface area contributed by atoms with Gasteiger partial charge in [0, 0.05) is 50.0 Å². The SMILES string of the molecule is Cc1ncsc1-c1ccc(CNC(=O)[C@@H]2C[C@@H](O)CN2C(=O)[C@@H](NC(=O)COCC2CCN(c3ccc(-c4ccc(N5C(=S)N(c6ccc(C#N)c(C(F)(F)F)c6)C(=O)C5(C)C)cc4)cn3)CC2)C(C)(C)C)cc1. The van der Waals surface area contributed by atoms with Gasteiger partial charge in [-0.1, -0.05) is 57.2 Å². The average molecular weight is 1050 g/mol. The Morgan fingerprint density at radius 2 is 1.62 bits per heavy atom. The number of ether oxygens (including phenoxy) is 1. The van der Waals surface area contributed by atoms with Crippen LogP contribution >= 0.6 is 23.6 Å². The molecular formula is C54H58F3N9O6S2. The number of piperidine rings is 1. The zero-order valence-electron chi connectivity index (χ0n) is 41.9. The van der Waals surface area contributed by atoms with Gasteiger partial charge in [0.1, 0.15) is 30.0 Å². The molecule has 0 spiro atoms. The topological polar surface area (TPSA) is 184 Å². The summed E-state index contributed by atoms with van der Waals surface area (Å²) in [4.78, 5) is 71.0.